The molecule has 0 saturated carbocycles. The fourth-order valence-electron chi connectivity index (χ4n) is 1.24. The zero-order valence-corrected chi connectivity index (χ0v) is 10.9. The molecule has 0 unspecified atom stereocenters. The third-order valence-corrected chi connectivity index (χ3v) is 2.57. The summed E-state index contributed by atoms with van der Waals surface area (Å²) < 4.78 is 49.6. The van der Waals surface area contributed by atoms with E-state index in [1.54, 1.807) is 18.3 Å². The highest BCUT2D eigenvalue weighted by molar-refractivity contribution is 9.10. The average molecular weight is 328 g/mol. The Labute approximate surface area is 109 Å². The van der Waals surface area contributed by atoms with Crippen molar-refractivity contribution >= 4 is 21.8 Å². The van der Waals surface area contributed by atoms with E-state index in [4.69, 9.17) is 0 Å². The van der Waals surface area contributed by atoms with E-state index in [2.05, 4.69) is 15.9 Å². The van der Waals surface area contributed by atoms with Crippen molar-refractivity contribution in [2.24, 2.45) is 0 Å². The molecule has 1 rings (SSSR count). The molecule has 0 aromatic heterocycles. The van der Waals surface area contributed by atoms with Crippen LogP contribution in [0.15, 0.2) is 22.7 Å². The molecule has 1 amide bonds. The maximum Gasteiger partial charge on any atom is 0.324 e. The van der Waals surface area contributed by atoms with E-state index in [1.165, 1.54) is 12.1 Å². The second kappa shape index (κ2) is 5.69. The van der Waals surface area contributed by atoms with Crippen LogP contribution in [-0.4, -0.2) is 24.8 Å². The molecule has 0 saturated heterocycles. The maximum atomic E-state index is 12.6. The zero-order chi connectivity index (χ0) is 13.9. The van der Waals surface area contributed by atoms with E-state index in [-0.39, 0.29) is 5.56 Å². The Balaban J connectivity index is 2.72. The van der Waals surface area contributed by atoms with Crippen molar-refractivity contribution < 1.29 is 22.4 Å². The summed E-state index contributed by atoms with van der Waals surface area (Å²) in [5.41, 5.74) is 0.877. The highest BCUT2D eigenvalue weighted by Crippen LogP contribution is 2.22. The summed E-state index contributed by atoms with van der Waals surface area (Å²) in [5.74, 6) is -5.05. The van der Waals surface area contributed by atoms with Crippen LogP contribution in [0, 0.1) is 6.92 Å². The number of rotatable bonds is 4. The van der Waals surface area contributed by atoms with Gasteiger partial charge in [-0.2, -0.15) is 8.78 Å². The van der Waals surface area contributed by atoms with E-state index in [1.807, 2.05) is 0 Å². The minimum absolute atomic E-state index is 0.131. The lowest BCUT2D eigenvalue weighted by molar-refractivity contribution is -0.123. The average Bonchev–Trinajstić information content (AvgIpc) is 2.24. The molecule has 0 aliphatic carbocycles. The van der Waals surface area contributed by atoms with Crippen molar-refractivity contribution in [3.8, 4) is 0 Å². The van der Waals surface area contributed by atoms with Crippen LogP contribution in [0.5, 0.6) is 0 Å². The van der Waals surface area contributed by atoms with E-state index in [0.717, 1.165) is 5.56 Å². The standard InChI is InChI=1S/C11H10BrF4NO/c1-6-2-7(4-8(12)3-6)9(18)17-5-11(15,16)10(13)14/h2-4,10H,5H2,1H3,(H,17,18). The Morgan fingerprint density at radius 1 is 1.39 bits per heavy atom. The van der Waals surface area contributed by atoms with Crippen LogP contribution in [0.25, 0.3) is 0 Å². The molecule has 18 heavy (non-hydrogen) atoms. The van der Waals surface area contributed by atoms with Gasteiger partial charge in [-0.25, -0.2) is 8.78 Å². The number of carbonyl (C=O) groups excluding carboxylic acids is 1. The smallest absolute Gasteiger partial charge is 0.324 e. The normalized spacial score (nSPS) is 11.7. The van der Waals surface area contributed by atoms with Gasteiger partial charge in [-0.3, -0.25) is 4.79 Å². The van der Waals surface area contributed by atoms with Crippen molar-refractivity contribution in [1.82, 2.24) is 5.32 Å². The lowest BCUT2D eigenvalue weighted by Crippen LogP contribution is -2.41. The molecule has 2 nitrogen and oxygen atoms in total. The van der Waals surface area contributed by atoms with Crippen molar-refractivity contribution in [3.05, 3.63) is 33.8 Å². The summed E-state index contributed by atoms with van der Waals surface area (Å²) >= 11 is 3.15. The van der Waals surface area contributed by atoms with E-state index in [9.17, 15) is 22.4 Å². The van der Waals surface area contributed by atoms with Gasteiger partial charge in [0.25, 0.3) is 5.91 Å². The van der Waals surface area contributed by atoms with Gasteiger partial charge in [0.05, 0.1) is 6.54 Å². The number of amides is 1. The Kier molecular flexibility index (Phi) is 4.72. The second-order valence-electron chi connectivity index (χ2n) is 3.76. The summed E-state index contributed by atoms with van der Waals surface area (Å²) in [6, 6.07) is 4.62. The molecule has 0 spiro atoms. The minimum atomic E-state index is -4.23. The SMILES string of the molecule is Cc1cc(Br)cc(C(=O)NCC(F)(F)C(F)F)c1. The molecule has 0 fully saturated rings. The van der Waals surface area contributed by atoms with Crippen molar-refractivity contribution in [3.63, 3.8) is 0 Å². The molecular weight excluding hydrogens is 318 g/mol. The third kappa shape index (κ3) is 3.97. The lowest BCUT2D eigenvalue weighted by Gasteiger charge is -2.15. The maximum absolute atomic E-state index is 12.6. The number of nitrogens with one attached hydrogen (secondary N) is 1. The molecule has 0 aliphatic rings. The molecule has 0 bridgehead atoms. The Bertz CT molecular complexity index is 430. The van der Waals surface area contributed by atoms with Crippen LogP contribution in [-0.2, 0) is 0 Å². The molecule has 1 aromatic rings. The van der Waals surface area contributed by atoms with Gasteiger partial charge in [0.15, 0.2) is 0 Å². The van der Waals surface area contributed by atoms with Crippen LogP contribution in [0.2, 0.25) is 0 Å². The number of alkyl halides is 4. The summed E-state index contributed by atoms with van der Waals surface area (Å²) in [6.45, 7) is 0.324. The molecule has 0 atom stereocenters. The van der Waals surface area contributed by atoms with Gasteiger partial charge in [-0.15, -0.1) is 0 Å². The fraction of sp³-hybridized carbons (Fsp3) is 0.364. The number of hydrogen-bond donors (Lipinski definition) is 1. The first-order chi connectivity index (χ1) is 8.22. The topological polar surface area (TPSA) is 29.1 Å². The molecule has 7 heteroatoms. The van der Waals surface area contributed by atoms with Crippen LogP contribution < -0.4 is 5.32 Å². The first kappa shape index (κ1) is 14.9. The Morgan fingerprint density at radius 2 is 2.00 bits per heavy atom. The van der Waals surface area contributed by atoms with E-state index >= 15 is 0 Å². The van der Waals surface area contributed by atoms with Gasteiger partial charge in [0, 0.05) is 10.0 Å². The van der Waals surface area contributed by atoms with Gasteiger partial charge >= 0.3 is 12.3 Å². The van der Waals surface area contributed by atoms with Gasteiger partial charge < -0.3 is 5.32 Å². The quantitative estimate of drug-likeness (QED) is 0.844. The molecule has 1 aromatic carbocycles. The van der Waals surface area contributed by atoms with Crippen LogP contribution >= 0.6 is 15.9 Å². The zero-order valence-electron chi connectivity index (χ0n) is 9.31. The Hall–Kier alpha value is -1.11. The molecule has 1 N–H and O–H groups in total. The number of carbonyl (C=O) groups is 1. The predicted molar refractivity (Wildman–Crippen MR) is 62.2 cm³/mol. The lowest BCUT2D eigenvalue weighted by atomic mass is 10.1. The van der Waals surface area contributed by atoms with Gasteiger partial charge in [-0.05, 0) is 30.7 Å². The largest absolute Gasteiger partial charge is 0.346 e. The molecule has 0 aliphatic heterocycles. The number of hydrogen-bond acceptors (Lipinski definition) is 1. The van der Waals surface area contributed by atoms with Crippen LogP contribution in [0.4, 0.5) is 17.6 Å². The molecular formula is C11H10BrF4NO. The van der Waals surface area contributed by atoms with Crippen molar-refractivity contribution in [2.75, 3.05) is 6.54 Å². The highest BCUT2D eigenvalue weighted by Gasteiger charge is 2.40. The Morgan fingerprint density at radius 3 is 2.50 bits per heavy atom. The predicted octanol–water partition coefficient (Wildman–Crippen LogP) is 3.39. The number of benzene rings is 1. The van der Waals surface area contributed by atoms with Crippen LogP contribution in [0.3, 0.4) is 0 Å². The second-order valence-corrected chi connectivity index (χ2v) is 4.68. The molecule has 100 valence electrons. The van der Waals surface area contributed by atoms with E-state index < -0.39 is 24.8 Å². The summed E-state index contributed by atoms with van der Waals surface area (Å²) in [6.07, 6.45) is -3.80. The highest BCUT2D eigenvalue weighted by atomic mass is 79.9. The van der Waals surface area contributed by atoms with Gasteiger partial charge in [0.1, 0.15) is 0 Å². The van der Waals surface area contributed by atoms with E-state index in [0.29, 0.717) is 4.47 Å². The molecule has 0 heterocycles. The fourth-order valence-corrected chi connectivity index (χ4v) is 1.85. The van der Waals surface area contributed by atoms with Crippen LogP contribution in [0.1, 0.15) is 15.9 Å². The number of aryl methyl sites for hydroxylation is 1. The third-order valence-electron chi connectivity index (χ3n) is 2.11. The van der Waals surface area contributed by atoms with Crippen molar-refractivity contribution in [1.29, 1.82) is 0 Å². The number of halogens is 5. The summed E-state index contributed by atoms with van der Waals surface area (Å²) in [7, 11) is 0. The minimum Gasteiger partial charge on any atom is -0.346 e. The summed E-state index contributed by atoms with van der Waals surface area (Å²) in [4.78, 5) is 11.5. The van der Waals surface area contributed by atoms with Gasteiger partial charge in [0.2, 0.25) is 0 Å². The van der Waals surface area contributed by atoms with Gasteiger partial charge in [-0.1, -0.05) is 15.9 Å². The first-order valence-corrected chi connectivity index (χ1v) is 5.73. The first-order valence-electron chi connectivity index (χ1n) is 4.94. The molecule has 0 radical (unpaired) electrons. The monoisotopic (exact) mass is 327 g/mol. The van der Waals surface area contributed by atoms with Crippen molar-refractivity contribution in [2.45, 2.75) is 19.3 Å². The summed E-state index contributed by atoms with van der Waals surface area (Å²) in [5, 5.41) is 1.79.